The van der Waals surface area contributed by atoms with Gasteiger partial charge in [-0.25, -0.2) is 0 Å². The lowest BCUT2D eigenvalue weighted by Gasteiger charge is -2.36. The molecule has 0 fully saturated rings. The minimum absolute atomic E-state index is 0.935. The molecule has 1 aliphatic heterocycles. The Morgan fingerprint density at radius 2 is 1.22 bits per heavy atom. The van der Waals surface area contributed by atoms with E-state index in [1.54, 1.807) is 0 Å². The molecule has 13 heteroatoms. The molecule has 0 radical (unpaired) electrons. The Bertz CT molecular complexity index is 1560. The SMILES string of the molecule is CCCCCCCCCCCCCCCC[n+]1c(C=CC=C2Oc3ccccc3N2CCC[N+](CC)(CC)CC)sc2ccccc21.O=[N+]([O-])[O-].O=[N+]([O-])[O-]. The van der Waals surface area contributed by atoms with E-state index in [9.17, 15) is 0 Å². The minimum Gasteiger partial charge on any atom is -0.439 e. The molecule has 0 N–H and O–H groups in total. The maximum atomic E-state index is 8.25. The summed E-state index contributed by atoms with van der Waals surface area (Å²) in [4.78, 5) is 18.9. The average molecular weight is 784 g/mol. The summed E-state index contributed by atoms with van der Waals surface area (Å²) in [5, 5.41) is 30.8. The summed E-state index contributed by atoms with van der Waals surface area (Å²) in [5.74, 6) is 1.90. The van der Waals surface area contributed by atoms with E-state index < -0.39 is 10.2 Å². The number of benzene rings is 2. The van der Waals surface area contributed by atoms with E-state index in [4.69, 9.17) is 35.4 Å². The van der Waals surface area contributed by atoms with Crippen molar-refractivity contribution in [2.75, 3.05) is 37.6 Å². The topological polar surface area (TPSA) is 149 Å². The van der Waals surface area contributed by atoms with Crippen LogP contribution in [0.5, 0.6) is 5.75 Å². The standard InChI is InChI=1S/C42H65N3OS.2NO3/c1-5-9-10-11-12-13-14-15-16-17-18-19-20-25-34-44-38-29-22-24-31-40(38)47-42(44)33-26-32-41-43(37-28-21-23-30-39(37)46-41)35-27-36-45(6-2,7-3)8-4;2*2-1(3)4/h21-24,26,28-33H,5-20,25,27,34-36H2,1-4H3;;/q+2;2*-1. The Labute approximate surface area is 332 Å². The first-order valence-electron chi connectivity index (χ1n) is 20.4. The predicted molar refractivity (Wildman–Crippen MR) is 226 cm³/mol. The third-order valence-corrected chi connectivity index (χ3v) is 11.6. The van der Waals surface area contributed by atoms with Gasteiger partial charge in [-0.3, -0.25) is 0 Å². The summed E-state index contributed by atoms with van der Waals surface area (Å²) in [5.41, 5.74) is 2.54. The number of hydrogen-bond donors (Lipinski definition) is 0. The van der Waals surface area contributed by atoms with Gasteiger partial charge in [-0.15, -0.1) is 0 Å². The lowest BCUT2D eigenvalue weighted by molar-refractivity contribution is -0.923. The highest BCUT2D eigenvalue weighted by molar-refractivity contribution is 7.18. The molecular formula is C42H65N5O7S. The molecule has 12 nitrogen and oxygen atoms in total. The number of nitrogens with zero attached hydrogens (tertiary/aromatic N) is 5. The van der Waals surface area contributed by atoms with Gasteiger partial charge in [0.25, 0.3) is 5.01 Å². The highest BCUT2D eigenvalue weighted by Crippen LogP contribution is 2.38. The second-order valence-electron chi connectivity index (χ2n) is 14.1. The van der Waals surface area contributed by atoms with Crippen LogP contribution in [0, 0.1) is 30.6 Å². The molecule has 55 heavy (non-hydrogen) atoms. The first-order chi connectivity index (χ1) is 26.6. The monoisotopic (exact) mass is 783 g/mol. The minimum atomic E-state index is -1.75. The van der Waals surface area contributed by atoms with Gasteiger partial charge in [-0.05, 0) is 57.5 Å². The Hall–Kier alpha value is -4.23. The molecule has 0 unspecified atom stereocenters. The van der Waals surface area contributed by atoms with Crippen LogP contribution in [-0.4, -0.2) is 47.4 Å². The third-order valence-electron chi connectivity index (χ3n) is 10.5. The van der Waals surface area contributed by atoms with E-state index in [1.807, 2.05) is 11.3 Å². The van der Waals surface area contributed by atoms with Crippen LogP contribution in [0.15, 0.2) is 66.6 Å². The van der Waals surface area contributed by atoms with Crippen LogP contribution < -0.4 is 14.2 Å². The fraction of sp³-hybridized carbons (Fsp3) is 0.595. The zero-order valence-electron chi connectivity index (χ0n) is 33.7. The quantitative estimate of drug-likeness (QED) is 0.0286. The number of quaternary nitrogens is 1. The van der Waals surface area contributed by atoms with Gasteiger partial charge in [0.1, 0.15) is 4.70 Å². The summed E-state index contributed by atoms with van der Waals surface area (Å²) in [7, 11) is 0. The van der Waals surface area contributed by atoms with E-state index in [0.717, 1.165) is 31.1 Å². The third kappa shape index (κ3) is 17.8. The van der Waals surface area contributed by atoms with Gasteiger partial charge >= 0.3 is 0 Å². The highest BCUT2D eigenvalue weighted by atomic mass is 32.1. The fourth-order valence-corrected chi connectivity index (χ4v) is 8.30. The van der Waals surface area contributed by atoms with Crippen LogP contribution in [0.1, 0.15) is 129 Å². The van der Waals surface area contributed by atoms with E-state index in [0.29, 0.717) is 0 Å². The molecule has 2 aromatic carbocycles. The molecule has 0 amide bonds. The zero-order chi connectivity index (χ0) is 40.3. The van der Waals surface area contributed by atoms with Crippen LogP contribution in [0.25, 0.3) is 16.3 Å². The second kappa shape index (κ2) is 27.4. The molecule has 306 valence electrons. The van der Waals surface area contributed by atoms with E-state index in [2.05, 4.69) is 104 Å². The predicted octanol–water partition coefficient (Wildman–Crippen LogP) is 11.2. The van der Waals surface area contributed by atoms with Crippen LogP contribution >= 0.6 is 11.3 Å². The van der Waals surface area contributed by atoms with Crippen molar-refractivity contribution in [1.29, 1.82) is 0 Å². The molecular weight excluding hydrogens is 719 g/mol. The summed E-state index contributed by atoms with van der Waals surface area (Å²) in [6, 6.07) is 17.4. The zero-order valence-corrected chi connectivity index (χ0v) is 34.5. The Kier molecular flexibility index (Phi) is 23.3. The maximum absolute atomic E-state index is 8.25. The number of fused-ring (bicyclic) bond motifs is 2. The number of aryl methyl sites for hydroxylation is 1. The van der Waals surface area contributed by atoms with Crippen molar-refractivity contribution in [3.63, 3.8) is 0 Å². The maximum Gasteiger partial charge on any atom is 0.262 e. The second-order valence-corrected chi connectivity index (χ2v) is 15.1. The molecule has 0 saturated carbocycles. The largest absolute Gasteiger partial charge is 0.439 e. The number of allylic oxidation sites excluding steroid dienone is 2. The summed E-state index contributed by atoms with van der Waals surface area (Å²) >= 11 is 1.90. The van der Waals surface area contributed by atoms with Crippen molar-refractivity contribution in [3.05, 3.63) is 102 Å². The number of unbranched alkanes of at least 4 members (excludes halogenated alkanes) is 13. The van der Waals surface area contributed by atoms with Crippen molar-refractivity contribution in [2.24, 2.45) is 0 Å². The van der Waals surface area contributed by atoms with Crippen molar-refractivity contribution >= 4 is 33.3 Å². The molecule has 0 atom stereocenters. The van der Waals surface area contributed by atoms with Gasteiger partial charge in [0.05, 0.1) is 42.0 Å². The van der Waals surface area contributed by atoms with Crippen molar-refractivity contribution < 1.29 is 24.0 Å². The summed E-state index contributed by atoms with van der Waals surface area (Å²) in [6.45, 7) is 16.1. The number of thiazole rings is 1. The molecule has 0 saturated heterocycles. The van der Waals surface area contributed by atoms with Gasteiger partial charge in [0, 0.05) is 31.5 Å². The Balaban J connectivity index is 0.00000119. The number of ether oxygens (including phenoxy) is 1. The van der Waals surface area contributed by atoms with Crippen molar-refractivity contribution in [3.8, 4) is 5.75 Å². The first-order valence-corrected chi connectivity index (χ1v) is 21.2. The van der Waals surface area contributed by atoms with Crippen LogP contribution in [-0.2, 0) is 6.54 Å². The van der Waals surface area contributed by atoms with E-state index in [-0.39, 0.29) is 0 Å². The smallest absolute Gasteiger partial charge is 0.262 e. The van der Waals surface area contributed by atoms with E-state index >= 15 is 0 Å². The average Bonchev–Trinajstić information content (AvgIpc) is 3.70. The molecule has 0 bridgehead atoms. The Morgan fingerprint density at radius 3 is 1.78 bits per heavy atom. The van der Waals surface area contributed by atoms with Crippen LogP contribution in [0.4, 0.5) is 5.69 Å². The van der Waals surface area contributed by atoms with Gasteiger partial charge in [0.2, 0.25) is 11.4 Å². The Morgan fingerprint density at radius 1 is 0.709 bits per heavy atom. The fourth-order valence-electron chi connectivity index (χ4n) is 7.20. The lowest BCUT2D eigenvalue weighted by Crippen LogP contribution is -2.48. The van der Waals surface area contributed by atoms with Gasteiger partial charge < -0.3 is 44.8 Å². The molecule has 0 aliphatic carbocycles. The number of para-hydroxylation sites is 3. The van der Waals surface area contributed by atoms with Crippen molar-refractivity contribution in [1.82, 2.24) is 0 Å². The van der Waals surface area contributed by atoms with E-state index in [1.165, 1.54) is 141 Å². The number of rotatable bonds is 24. The molecule has 2 heterocycles. The molecule has 1 aromatic heterocycles. The number of anilines is 1. The van der Waals surface area contributed by atoms with Crippen LogP contribution in [0.2, 0.25) is 0 Å². The first kappa shape index (κ1) is 46.9. The molecule has 1 aliphatic rings. The normalized spacial score (nSPS) is 12.9. The summed E-state index contributed by atoms with van der Waals surface area (Å²) < 4.78 is 11.5. The summed E-state index contributed by atoms with van der Waals surface area (Å²) in [6.07, 6.45) is 27.3. The van der Waals surface area contributed by atoms with Gasteiger partial charge in [-0.2, -0.15) is 4.57 Å². The lowest BCUT2D eigenvalue weighted by atomic mass is 10.0. The molecule has 0 spiro atoms. The number of hydrogen-bond acceptors (Lipinski definition) is 9. The van der Waals surface area contributed by atoms with Gasteiger partial charge in [0.15, 0.2) is 12.3 Å². The van der Waals surface area contributed by atoms with Crippen molar-refractivity contribution in [2.45, 2.75) is 131 Å². The van der Waals surface area contributed by atoms with Gasteiger partial charge in [-0.1, -0.05) is 120 Å². The highest BCUT2D eigenvalue weighted by Gasteiger charge is 2.27. The molecule has 3 aromatic rings. The molecule has 4 rings (SSSR count). The number of aromatic nitrogens is 1. The van der Waals surface area contributed by atoms with Crippen LogP contribution in [0.3, 0.4) is 0 Å².